The molecule has 1 aliphatic rings. The van der Waals surface area contributed by atoms with Crippen LogP contribution in [0.5, 0.6) is 0 Å². The van der Waals surface area contributed by atoms with Crippen molar-refractivity contribution in [3.63, 3.8) is 0 Å². The molecule has 5 heteroatoms. The van der Waals surface area contributed by atoms with E-state index in [9.17, 15) is 0 Å². The number of hydrogen-bond acceptors (Lipinski definition) is 5. The molecule has 1 unspecified atom stereocenters. The van der Waals surface area contributed by atoms with Gasteiger partial charge in [-0.25, -0.2) is 4.98 Å². The lowest BCUT2D eigenvalue weighted by Crippen LogP contribution is -2.35. The molecule has 2 aromatic carbocycles. The van der Waals surface area contributed by atoms with Gasteiger partial charge in [-0.1, -0.05) is 30.3 Å². The second-order valence-electron chi connectivity index (χ2n) is 7.17. The Morgan fingerprint density at radius 2 is 2.04 bits per heavy atom. The fourth-order valence-corrected chi connectivity index (χ4v) is 4.59. The molecule has 0 bridgehead atoms. The zero-order chi connectivity index (χ0) is 19.3. The van der Waals surface area contributed by atoms with Crippen LogP contribution in [0.4, 0.5) is 0 Å². The third kappa shape index (κ3) is 4.31. The number of rotatable bonds is 5. The molecule has 4 nitrogen and oxygen atoms in total. The van der Waals surface area contributed by atoms with E-state index in [1.165, 1.54) is 10.8 Å². The van der Waals surface area contributed by atoms with E-state index in [-0.39, 0.29) is 12.2 Å². The van der Waals surface area contributed by atoms with E-state index in [1.807, 2.05) is 36.4 Å². The van der Waals surface area contributed by atoms with E-state index >= 15 is 0 Å². The van der Waals surface area contributed by atoms with Crippen LogP contribution in [-0.4, -0.2) is 36.1 Å². The van der Waals surface area contributed by atoms with Crippen molar-refractivity contribution in [2.75, 3.05) is 20.1 Å². The lowest BCUT2D eigenvalue weighted by molar-refractivity contribution is -0.0234. The maximum atomic E-state index is 8.83. The van der Waals surface area contributed by atoms with Crippen LogP contribution in [0.2, 0.25) is 0 Å². The third-order valence-electron chi connectivity index (χ3n) is 5.09. The van der Waals surface area contributed by atoms with Gasteiger partial charge < -0.3 is 9.64 Å². The number of hydrogen-bond donors (Lipinski definition) is 0. The number of nitrogens with zero attached hydrogens (tertiary/aromatic N) is 3. The lowest BCUT2D eigenvalue weighted by Gasteiger charge is -2.31. The highest BCUT2D eigenvalue weighted by atomic mass is 32.1. The highest BCUT2D eigenvalue weighted by Gasteiger charge is 2.26. The quantitative estimate of drug-likeness (QED) is 0.574. The number of benzene rings is 2. The monoisotopic (exact) mass is 389 g/mol. The van der Waals surface area contributed by atoms with Crippen molar-refractivity contribution in [2.24, 2.45) is 0 Å². The molecule has 0 aliphatic carbocycles. The Balaban J connectivity index is 1.68. The van der Waals surface area contributed by atoms with E-state index in [2.05, 4.69) is 36.2 Å². The number of aromatic nitrogens is 1. The Morgan fingerprint density at radius 3 is 2.82 bits per heavy atom. The number of likely N-dealkylation sites (tertiary alicyclic amines) is 1. The molecule has 3 aromatic rings. The Hall–Kier alpha value is -2.52. The zero-order valence-electron chi connectivity index (χ0n) is 15.9. The van der Waals surface area contributed by atoms with E-state index in [0.29, 0.717) is 0 Å². The Bertz CT molecular complexity index is 979. The third-order valence-corrected chi connectivity index (χ3v) is 6.17. The molecule has 0 N–H and O–H groups in total. The molecule has 0 amide bonds. The van der Waals surface area contributed by atoms with Crippen molar-refractivity contribution in [2.45, 2.75) is 25.0 Å². The SMILES string of the molecule is CN1CCC(OC(c2cccc(C=CC#N)c2)c2nc3ccccc3s2)CC1. The molecule has 4 rings (SSSR count). The maximum absolute atomic E-state index is 8.83. The first-order valence-electron chi connectivity index (χ1n) is 9.58. The molecule has 0 radical (unpaired) electrons. The van der Waals surface area contributed by atoms with Crippen molar-refractivity contribution in [1.82, 2.24) is 9.88 Å². The van der Waals surface area contributed by atoms with Crippen molar-refractivity contribution in [1.29, 1.82) is 5.26 Å². The Kier molecular flexibility index (Phi) is 5.82. The molecular formula is C23H23N3OS. The van der Waals surface area contributed by atoms with Crippen LogP contribution in [0, 0.1) is 11.3 Å². The maximum Gasteiger partial charge on any atom is 0.134 e. The minimum Gasteiger partial charge on any atom is -0.363 e. The summed E-state index contributed by atoms with van der Waals surface area (Å²) in [6.45, 7) is 2.12. The smallest absolute Gasteiger partial charge is 0.134 e. The Morgan fingerprint density at radius 1 is 1.21 bits per heavy atom. The molecule has 1 saturated heterocycles. The molecule has 28 heavy (non-hydrogen) atoms. The van der Waals surface area contributed by atoms with Gasteiger partial charge in [-0.3, -0.25) is 0 Å². The van der Waals surface area contributed by atoms with E-state index in [0.717, 1.165) is 47.6 Å². The highest BCUT2D eigenvalue weighted by Crippen LogP contribution is 2.35. The van der Waals surface area contributed by atoms with E-state index < -0.39 is 0 Å². The topological polar surface area (TPSA) is 49.1 Å². The second-order valence-corrected chi connectivity index (χ2v) is 8.23. The number of thiazole rings is 1. The summed E-state index contributed by atoms with van der Waals surface area (Å²) in [6, 6.07) is 18.5. The molecule has 1 fully saturated rings. The van der Waals surface area contributed by atoms with Crippen LogP contribution in [-0.2, 0) is 4.74 Å². The van der Waals surface area contributed by atoms with Gasteiger partial charge in [-0.15, -0.1) is 11.3 Å². The largest absolute Gasteiger partial charge is 0.363 e. The van der Waals surface area contributed by atoms with Gasteiger partial charge in [0, 0.05) is 19.2 Å². The molecule has 0 spiro atoms. The van der Waals surface area contributed by atoms with Gasteiger partial charge in [-0.2, -0.15) is 5.26 Å². The number of nitriles is 1. The number of ether oxygens (including phenoxy) is 1. The Labute approximate surface area is 169 Å². The van der Waals surface area contributed by atoms with Crippen LogP contribution in [0.25, 0.3) is 16.3 Å². The first-order chi connectivity index (χ1) is 13.7. The summed E-state index contributed by atoms with van der Waals surface area (Å²) in [5, 5.41) is 9.82. The van der Waals surface area contributed by atoms with Gasteiger partial charge in [-0.05, 0) is 55.3 Å². The summed E-state index contributed by atoms with van der Waals surface area (Å²) >= 11 is 1.70. The predicted octanol–water partition coefficient (Wildman–Crippen LogP) is 5.03. The average Bonchev–Trinajstić information content (AvgIpc) is 3.16. The van der Waals surface area contributed by atoms with E-state index in [1.54, 1.807) is 11.3 Å². The minimum absolute atomic E-state index is 0.193. The normalized spacial score (nSPS) is 17.1. The summed E-state index contributed by atoms with van der Waals surface area (Å²) in [7, 11) is 2.16. The summed E-state index contributed by atoms with van der Waals surface area (Å²) in [6.07, 6.45) is 5.43. The van der Waals surface area contributed by atoms with Gasteiger partial charge in [0.15, 0.2) is 0 Å². The molecular weight excluding hydrogens is 366 g/mol. The molecule has 0 saturated carbocycles. The van der Waals surface area contributed by atoms with Gasteiger partial charge in [0.05, 0.1) is 22.4 Å². The average molecular weight is 390 g/mol. The number of fused-ring (bicyclic) bond motifs is 1. The fraction of sp³-hybridized carbons (Fsp3) is 0.304. The van der Waals surface area contributed by atoms with Crippen LogP contribution < -0.4 is 0 Å². The van der Waals surface area contributed by atoms with Crippen LogP contribution >= 0.6 is 11.3 Å². The standard InChI is InChI=1S/C23H23N3OS/c1-26-14-11-19(12-15-26)27-22(18-8-4-6-17(16-18)7-5-13-24)23-25-20-9-2-3-10-21(20)28-23/h2-10,16,19,22H,11-12,14-15H2,1H3. The zero-order valence-corrected chi connectivity index (χ0v) is 16.7. The number of piperidine rings is 1. The minimum atomic E-state index is -0.193. The van der Waals surface area contributed by atoms with Gasteiger partial charge in [0.25, 0.3) is 0 Å². The van der Waals surface area contributed by atoms with Crippen molar-refractivity contribution in [3.05, 3.63) is 70.7 Å². The predicted molar refractivity (Wildman–Crippen MR) is 114 cm³/mol. The molecule has 1 aromatic heterocycles. The van der Waals surface area contributed by atoms with Crippen LogP contribution in [0.15, 0.2) is 54.6 Å². The van der Waals surface area contributed by atoms with Crippen molar-refractivity contribution < 1.29 is 4.74 Å². The van der Waals surface area contributed by atoms with Crippen molar-refractivity contribution in [3.8, 4) is 6.07 Å². The molecule has 1 aliphatic heterocycles. The highest BCUT2D eigenvalue weighted by molar-refractivity contribution is 7.18. The number of para-hydroxylation sites is 1. The van der Waals surface area contributed by atoms with Crippen LogP contribution in [0.3, 0.4) is 0 Å². The van der Waals surface area contributed by atoms with Crippen molar-refractivity contribution >= 4 is 27.6 Å². The lowest BCUT2D eigenvalue weighted by atomic mass is 10.0. The molecule has 142 valence electrons. The first kappa shape index (κ1) is 18.8. The summed E-state index contributed by atoms with van der Waals surface area (Å²) in [5.74, 6) is 0. The van der Waals surface area contributed by atoms with Gasteiger partial charge >= 0.3 is 0 Å². The second kappa shape index (κ2) is 8.66. The number of allylic oxidation sites excluding steroid dienone is 1. The summed E-state index contributed by atoms with van der Waals surface area (Å²) in [5.41, 5.74) is 3.09. The molecule has 1 atom stereocenters. The fourth-order valence-electron chi connectivity index (χ4n) is 3.55. The first-order valence-corrected chi connectivity index (χ1v) is 10.4. The summed E-state index contributed by atoms with van der Waals surface area (Å²) < 4.78 is 7.81. The van der Waals surface area contributed by atoms with E-state index in [4.69, 9.17) is 15.0 Å². The molecule has 2 heterocycles. The van der Waals surface area contributed by atoms with Gasteiger partial charge in [0.2, 0.25) is 0 Å². The van der Waals surface area contributed by atoms with Gasteiger partial charge in [0.1, 0.15) is 11.1 Å². The van der Waals surface area contributed by atoms with Crippen LogP contribution in [0.1, 0.15) is 35.1 Å². The summed E-state index contributed by atoms with van der Waals surface area (Å²) in [4.78, 5) is 7.22.